The second kappa shape index (κ2) is 6.09. The molecule has 0 radical (unpaired) electrons. The van der Waals surface area contributed by atoms with Gasteiger partial charge in [-0.1, -0.05) is 0 Å². The number of hydrogen-bond acceptors (Lipinski definition) is 7. The van der Waals surface area contributed by atoms with E-state index in [1.807, 2.05) is 45.1 Å². The van der Waals surface area contributed by atoms with Crippen LogP contribution in [0.3, 0.4) is 0 Å². The summed E-state index contributed by atoms with van der Waals surface area (Å²) < 4.78 is 21.1. The van der Waals surface area contributed by atoms with E-state index in [0.717, 1.165) is 22.6 Å². The Kier molecular flexibility index (Phi) is 4.22. The van der Waals surface area contributed by atoms with Crippen LogP contribution in [-0.2, 0) is 14.2 Å². The smallest absolute Gasteiger partial charge is 0.165 e. The summed E-state index contributed by atoms with van der Waals surface area (Å²) in [4.78, 5) is 10.9. The van der Waals surface area contributed by atoms with Crippen LogP contribution in [0.25, 0.3) is 11.0 Å². The molecule has 0 unspecified atom stereocenters. The fourth-order valence-corrected chi connectivity index (χ4v) is 4.80. The quantitative estimate of drug-likeness (QED) is 0.810. The summed E-state index contributed by atoms with van der Waals surface area (Å²) in [6, 6.07) is 2.04. The van der Waals surface area contributed by atoms with E-state index in [0.29, 0.717) is 0 Å². The zero-order valence-corrected chi connectivity index (χ0v) is 16.9. The number of fused-ring (bicyclic) bond motifs is 2. The van der Waals surface area contributed by atoms with Crippen LogP contribution in [0, 0.1) is 0 Å². The standard InChI is InChI=1S/C18H26N4O3S/c1-17(2)24-13-16(23-12(9-26-6)18(13,3)25-17)22-8-7-11-14(21(4)5)19-10-20-15(11)22/h7-8,10,12-13,16H,9H2,1-6H3/t12-,13+,16-,18-/m1/s1. The van der Waals surface area contributed by atoms with Gasteiger partial charge in [0.1, 0.15) is 35.6 Å². The minimum absolute atomic E-state index is 0.0538. The SMILES string of the molecule is CSC[C@H]1O[C@@H](n2ccc3c(N(C)C)ncnc32)[C@@H]2OC(C)(C)O[C@]12C. The van der Waals surface area contributed by atoms with Crippen molar-refractivity contribution in [1.82, 2.24) is 14.5 Å². The molecule has 0 spiro atoms. The average molecular weight is 378 g/mol. The molecule has 0 aliphatic carbocycles. The topological polar surface area (TPSA) is 61.6 Å². The summed E-state index contributed by atoms with van der Waals surface area (Å²) in [5.41, 5.74) is 0.347. The molecule has 7 nitrogen and oxygen atoms in total. The van der Waals surface area contributed by atoms with Crippen LogP contribution in [0.5, 0.6) is 0 Å². The first kappa shape index (κ1) is 18.0. The molecule has 0 bridgehead atoms. The maximum Gasteiger partial charge on any atom is 0.165 e. The Labute approximate surface area is 158 Å². The van der Waals surface area contributed by atoms with Gasteiger partial charge in [-0.15, -0.1) is 0 Å². The first-order chi connectivity index (χ1) is 12.3. The van der Waals surface area contributed by atoms with Gasteiger partial charge in [0.15, 0.2) is 12.0 Å². The third-order valence-corrected chi connectivity index (χ3v) is 5.78. The highest BCUT2D eigenvalue weighted by Gasteiger charge is 2.63. The van der Waals surface area contributed by atoms with E-state index in [-0.39, 0.29) is 18.4 Å². The molecule has 0 N–H and O–H groups in total. The molecule has 4 heterocycles. The van der Waals surface area contributed by atoms with Crippen LogP contribution >= 0.6 is 11.8 Å². The second-order valence-electron chi connectivity index (χ2n) is 7.75. The molecule has 2 aromatic rings. The van der Waals surface area contributed by atoms with Gasteiger partial charge in [0.25, 0.3) is 0 Å². The summed E-state index contributed by atoms with van der Waals surface area (Å²) in [5.74, 6) is 1.10. The fraction of sp³-hybridized carbons (Fsp3) is 0.667. The van der Waals surface area contributed by atoms with Crippen molar-refractivity contribution in [2.24, 2.45) is 0 Å². The number of hydrogen-bond donors (Lipinski definition) is 0. The molecule has 26 heavy (non-hydrogen) atoms. The highest BCUT2D eigenvalue weighted by Crippen LogP contribution is 2.51. The lowest BCUT2D eigenvalue weighted by atomic mass is 9.95. The van der Waals surface area contributed by atoms with E-state index in [1.165, 1.54) is 0 Å². The lowest BCUT2D eigenvalue weighted by Crippen LogP contribution is -2.44. The molecular formula is C18H26N4O3S. The van der Waals surface area contributed by atoms with E-state index >= 15 is 0 Å². The maximum absolute atomic E-state index is 6.44. The Morgan fingerprint density at radius 1 is 1.27 bits per heavy atom. The molecule has 0 aromatic carbocycles. The molecule has 2 fully saturated rings. The van der Waals surface area contributed by atoms with Crippen molar-refractivity contribution in [3.05, 3.63) is 18.6 Å². The summed E-state index contributed by atoms with van der Waals surface area (Å²) >= 11 is 1.75. The molecule has 4 atom stereocenters. The van der Waals surface area contributed by atoms with Crippen LogP contribution in [0.4, 0.5) is 5.82 Å². The van der Waals surface area contributed by atoms with Gasteiger partial charge in [-0.05, 0) is 33.1 Å². The number of nitrogens with zero attached hydrogens (tertiary/aromatic N) is 4. The Hall–Kier alpha value is -1.35. The van der Waals surface area contributed by atoms with Crippen molar-refractivity contribution in [1.29, 1.82) is 0 Å². The van der Waals surface area contributed by atoms with Gasteiger partial charge in [0.05, 0.1) is 5.39 Å². The number of aromatic nitrogens is 3. The van der Waals surface area contributed by atoms with Gasteiger partial charge < -0.3 is 23.7 Å². The number of rotatable bonds is 4. The molecule has 2 aliphatic rings. The molecule has 0 amide bonds. The third kappa shape index (κ3) is 2.62. The molecule has 2 aliphatic heterocycles. The number of ether oxygens (including phenoxy) is 3. The van der Waals surface area contributed by atoms with E-state index in [2.05, 4.69) is 27.7 Å². The van der Waals surface area contributed by atoms with Crippen molar-refractivity contribution >= 4 is 28.6 Å². The zero-order valence-electron chi connectivity index (χ0n) is 16.1. The van der Waals surface area contributed by atoms with Crippen molar-refractivity contribution in [3.8, 4) is 0 Å². The Morgan fingerprint density at radius 2 is 2.04 bits per heavy atom. The van der Waals surface area contributed by atoms with E-state index in [4.69, 9.17) is 14.2 Å². The van der Waals surface area contributed by atoms with Gasteiger partial charge in [-0.25, -0.2) is 9.97 Å². The summed E-state index contributed by atoms with van der Waals surface area (Å²) in [5, 5.41) is 0.995. The number of thioether (sulfide) groups is 1. The van der Waals surface area contributed by atoms with Crippen LogP contribution < -0.4 is 4.90 Å². The monoisotopic (exact) mass is 378 g/mol. The van der Waals surface area contributed by atoms with Crippen molar-refractivity contribution in [2.75, 3.05) is 31.0 Å². The van der Waals surface area contributed by atoms with Gasteiger partial charge in [0, 0.05) is 26.0 Å². The van der Waals surface area contributed by atoms with Crippen LogP contribution in [0.15, 0.2) is 18.6 Å². The maximum atomic E-state index is 6.44. The highest BCUT2D eigenvalue weighted by molar-refractivity contribution is 7.98. The highest BCUT2D eigenvalue weighted by atomic mass is 32.2. The molecular weight excluding hydrogens is 352 g/mol. The Bertz CT molecular complexity index is 824. The van der Waals surface area contributed by atoms with E-state index in [1.54, 1.807) is 18.1 Å². The second-order valence-corrected chi connectivity index (χ2v) is 8.66. The molecule has 0 saturated carbocycles. The van der Waals surface area contributed by atoms with Gasteiger partial charge in [0.2, 0.25) is 0 Å². The first-order valence-electron chi connectivity index (χ1n) is 8.78. The minimum atomic E-state index is -0.634. The van der Waals surface area contributed by atoms with Gasteiger partial charge in [-0.2, -0.15) is 11.8 Å². The molecule has 2 saturated heterocycles. The van der Waals surface area contributed by atoms with Crippen LogP contribution in [0.1, 0.15) is 27.0 Å². The molecule has 4 rings (SSSR count). The normalized spacial score (nSPS) is 32.9. The summed E-state index contributed by atoms with van der Waals surface area (Å²) in [7, 11) is 3.96. The van der Waals surface area contributed by atoms with E-state index < -0.39 is 11.4 Å². The molecule has 142 valence electrons. The zero-order chi connectivity index (χ0) is 18.7. The first-order valence-corrected chi connectivity index (χ1v) is 10.2. The van der Waals surface area contributed by atoms with E-state index in [9.17, 15) is 0 Å². The van der Waals surface area contributed by atoms with Crippen LogP contribution in [0.2, 0.25) is 0 Å². The predicted octanol–water partition coefficient (Wildman–Crippen LogP) is 2.67. The van der Waals surface area contributed by atoms with Gasteiger partial charge >= 0.3 is 0 Å². The van der Waals surface area contributed by atoms with Crippen molar-refractivity contribution < 1.29 is 14.2 Å². The van der Waals surface area contributed by atoms with Crippen LogP contribution in [-0.4, -0.2) is 64.2 Å². The Balaban J connectivity index is 1.79. The lowest BCUT2D eigenvalue weighted by molar-refractivity contribution is -0.207. The van der Waals surface area contributed by atoms with Crippen molar-refractivity contribution in [2.45, 2.75) is 50.6 Å². The predicted molar refractivity (Wildman–Crippen MR) is 103 cm³/mol. The average Bonchev–Trinajstić information content (AvgIpc) is 3.16. The lowest BCUT2D eigenvalue weighted by Gasteiger charge is -2.28. The Morgan fingerprint density at radius 3 is 2.73 bits per heavy atom. The molecule has 8 heteroatoms. The summed E-state index contributed by atoms with van der Waals surface area (Å²) in [6.45, 7) is 6.02. The van der Waals surface area contributed by atoms with Gasteiger partial charge in [-0.3, -0.25) is 0 Å². The minimum Gasteiger partial charge on any atom is -0.362 e. The number of anilines is 1. The third-order valence-electron chi connectivity index (χ3n) is 5.15. The van der Waals surface area contributed by atoms with Crippen molar-refractivity contribution in [3.63, 3.8) is 0 Å². The summed E-state index contributed by atoms with van der Waals surface area (Å²) in [6.07, 6.45) is 5.13. The fourth-order valence-electron chi connectivity index (χ4n) is 4.09. The largest absolute Gasteiger partial charge is 0.362 e. The molecule has 2 aromatic heterocycles.